The molecule has 2 heterocycles. The molecule has 0 saturated heterocycles. The van der Waals surface area contributed by atoms with Crippen LogP contribution in [0.15, 0.2) is 60.8 Å². The van der Waals surface area contributed by atoms with Gasteiger partial charge in [-0.2, -0.15) is 0 Å². The monoisotopic (exact) mass is 360 g/mol. The van der Waals surface area contributed by atoms with E-state index in [1.54, 1.807) is 23.3 Å². The molecular weight excluding hydrogens is 335 g/mol. The number of aryl methyl sites for hydroxylation is 1. The summed E-state index contributed by atoms with van der Waals surface area (Å²) in [6.45, 7) is 1.92. The maximum atomic E-state index is 13.5. The van der Waals surface area contributed by atoms with E-state index in [9.17, 15) is 4.39 Å². The molecule has 1 aliphatic carbocycles. The van der Waals surface area contributed by atoms with E-state index in [4.69, 9.17) is 0 Å². The highest BCUT2D eigenvalue weighted by Gasteiger charge is 2.25. The van der Waals surface area contributed by atoms with E-state index in [0.29, 0.717) is 11.8 Å². The molecule has 0 fully saturated rings. The van der Waals surface area contributed by atoms with Gasteiger partial charge in [-0.15, -0.1) is 0 Å². The van der Waals surface area contributed by atoms with Crippen molar-refractivity contribution in [3.05, 3.63) is 77.7 Å². The van der Waals surface area contributed by atoms with E-state index >= 15 is 0 Å². The second-order valence-electron chi connectivity index (χ2n) is 7.88. The van der Waals surface area contributed by atoms with Crippen molar-refractivity contribution < 1.29 is 4.39 Å². The highest BCUT2D eigenvalue weighted by Crippen LogP contribution is 2.38. The van der Waals surface area contributed by atoms with Gasteiger partial charge in [-0.25, -0.2) is 4.39 Å². The van der Waals surface area contributed by atoms with Gasteiger partial charge in [0.25, 0.3) is 0 Å². The number of nitrogens with one attached hydrogen (secondary N) is 1. The molecule has 0 saturated carbocycles. The second kappa shape index (κ2) is 6.97. The largest absolute Gasteiger partial charge is 0.320 e. The summed E-state index contributed by atoms with van der Waals surface area (Å²) < 4.78 is 15.8. The Hall–Kier alpha value is -2.39. The summed E-state index contributed by atoms with van der Waals surface area (Å²) in [6.07, 6.45) is 9.32. The molecule has 3 aromatic rings. The van der Waals surface area contributed by atoms with Gasteiger partial charge in [-0.1, -0.05) is 30.3 Å². The molecule has 1 aliphatic heterocycles. The molecule has 2 aromatic carbocycles. The van der Waals surface area contributed by atoms with Gasteiger partial charge < -0.3 is 9.88 Å². The summed E-state index contributed by atoms with van der Waals surface area (Å²) in [7, 11) is 0. The Bertz CT molecular complexity index is 1000. The molecule has 2 atom stereocenters. The Labute approximate surface area is 159 Å². The van der Waals surface area contributed by atoms with Crippen LogP contribution >= 0.6 is 0 Å². The number of benzene rings is 2. The predicted molar refractivity (Wildman–Crippen MR) is 109 cm³/mol. The molecule has 0 radical (unpaired) electrons. The fourth-order valence-corrected chi connectivity index (χ4v) is 4.94. The SMILES string of the molecule is Fc1ccc2c(ccn2C2=CCNCC2CCC2CCc3ccccc32)c1. The van der Waals surface area contributed by atoms with Crippen molar-refractivity contribution in [2.45, 2.75) is 31.6 Å². The number of aromatic nitrogens is 1. The third-order valence-corrected chi connectivity index (χ3v) is 6.32. The summed E-state index contributed by atoms with van der Waals surface area (Å²) in [6, 6.07) is 16.0. The zero-order chi connectivity index (χ0) is 18.2. The predicted octanol–water partition coefficient (Wildman–Crippen LogP) is 5.35. The minimum atomic E-state index is -0.170. The fourth-order valence-electron chi connectivity index (χ4n) is 4.94. The van der Waals surface area contributed by atoms with Gasteiger partial charge in [0.2, 0.25) is 0 Å². The number of rotatable bonds is 4. The Morgan fingerprint density at radius 1 is 1.04 bits per heavy atom. The van der Waals surface area contributed by atoms with Gasteiger partial charge in [0.15, 0.2) is 0 Å². The standard InChI is InChI=1S/C24H25FN2/c25-21-9-10-23-19(15-21)12-14-27(23)24-11-13-26-16-20(24)8-7-18-6-5-17-3-1-2-4-22(17)18/h1-4,9-12,14-15,18,20,26H,5-8,13,16H2. The average Bonchev–Trinajstić information content (AvgIpc) is 3.30. The number of nitrogens with zero attached hydrogens (tertiary/aromatic N) is 1. The van der Waals surface area contributed by atoms with E-state index < -0.39 is 0 Å². The highest BCUT2D eigenvalue weighted by molar-refractivity contribution is 5.83. The summed E-state index contributed by atoms with van der Waals surface area (Å²) in [5.41, 5.74) is 5.56. The van der Waals surface area contributed by atoms with Crippen LogP contribution in [0.4, 0.5) is 4.39 Å². The molecule has 0 amide bonds. The Balaban J connectivity index is 1.37. The third-order valence-electron chi connectivity index (χ3n) is 6.32. The van der Waals surface area contributed by atoms with Crippen LogP contribution in [0.1, 0.15) is 36.3 Å². The van der Waals surface area contributed by atoms with E-state index in [0.717, 1.165) is 24.0 Å². The molecule has 27 heavy (non-hydrogen) atoms. The number of halogens is 1. The maximum Gasteiger partial charge on any atom is 0.123 e. The lowest BCUT2D eigenvalue weighted by Crippen LogP contribution is -2.30. The van der Waals surface area contributed by atoms with Gasteiger partial charge >= 0.3 is 0 Å². The van der Waals surface area contributed by atoms with Gasteiger partial charge in [0.1, 0.15) is 5.82 Å². The average molecular weight is 360 g/mol. The van der Waals surface area contributed by atoms with E-state index in [-0.39, 0.29) is 5.82 Å². The van der Waals surface area contributed by atoms with Crippen molar-refractivity contribution >= 4 is 16.6 Å². The first-order valence-electron chi connectivity index (χ1n) is 10.0. The van der Waals surface area contributed by atoms with E-state index in [1.165, 1.54) is 31.4 Å². The molecule has 0 bridgehead atoms. The van der Waals surface area contributed by atoms with Crippen LogP contribution < -0.4 is 5.32 Å². The van der Waals surface area contributed by atoms with E-state index in [1.807, 2.05) is 12.1 Å². The van der Waals surface area contributed by atoms with Crippen LogP contribution in [0.3, 0.4) is 0 Å². The molecule has 2 aliphatic rings. The van der Waals surface area contributed by atoms with Crippen LogP contribution in [-0.2, 0) is 6.42 Å². The molecular formula is C24H25FN2. The topological polar surface area (TPSA) is 17.0 Å². The number of fused-ring (bicyclic) bond motifs is 2. The molecule has 0 spiro atoms. The third kappa shape index (κ3) is 3.10. The Kier molecular flexibility index (Phi) is 4.33. The molecule has 5 rings (SSSR count). The van der Waals surface area contributed by atoms with Crippen LogP contribution in [0.25, 0.3) is 16.6 Å². The van der Waals surface area contributed by atoms with Crippen molar-refractivity contribution in [1.29, 1.82) is 0 Å². The van der Waals surface area contributed by atoms with Gasteiger partial charge in [-0.3, -0.25) is 0 Å². The van der Waals surface area contributed by atoms with Crippen molar-refractivity contribution in [3.63, 3.8) is 0 Å². The smallest absolute Gasteiger partial charge is 0.123 e. The lowest BCUT2D eigenvalue weighted by molar-refractivity contribution is 0.470. The molecule has 1 N–H and O–H groups in total. The van der Waals surface area contributed by atoms with Crippen LogP contribution in [0, 0.1) is 11.7 Å². The summed E-state index contributed by atoms with van der Waals surface area (Å²) in [5, 5.41) is 4.50. The Morgan fingerprint density at radius 3 is 2.89 bits per heavy atom. The maximum absolute atomic E-state index is 13.5. The van der Waals surface area contributed by atoms with Crippen LogP contribution in [0.5, 0.6) is 0 Å². The second-order valence-corrected chi connectivity index (χ2v) is 7.88. The minimum absolute atomic E-state index is 0.170. The summed E-state index contributed by atoms with van der Waals surface area (Å²) >= 11 is 0. The molecule has 3 heteroatoms. The molecule has 2 nitrogen and oxygen atoms in total. The first-order valence-corrected chi connectivity index (χ1v) is 10.0. The number of hydrogen-bond donors (Lipinski definition) is 1. The number of hydrogen-bond acceptors (Lipinski definition) is 1. The summed E-state index contributed by atoms with van der Waals surface area (Å²) in [5.74, 6) is 1.02. The van der Waals surface area contributed by atoms with Gasteiger partial charge in [0, 0.05) is 36.3 Å². The highest BCUT2D eigenvalue weighted by atomic mass is 19.1. The zero-order valence-electron chi connectivity index (χ0n) is 15.5. The van der Waals surface area contributed by atoms with Crippen LogP contribution in [0.2, 0.25) is 0 Å². The fraction of sp³-hybridized carbons (Fsp3) is 0.333. The van der Waals surface area contributed by atoms with Crippen molar-refractivity contribution in [2.75, 3.05) is 13.1 Å². The normalized spacial score (nSPS) is 22.0. The molecule has 138 valence electrons. The lowest BCUT2D eigenvalue weighted by Gasteiger charge is -2.27. The quantitative estimate of drug-likeness (QED) is 0.663. The Morgan fingerprint density at radius 2 is 1.93 bits per heavy atom. The van der Waals surface area contributed by atoms with E-state index in [2.05, 4.69) is 46.4 Å². The minimum Gasteiger partial charge on any atom is -0.320 e. The lowest BCUT2D eigenvalue weighted by atomic mass is 9.89. The van der Waals surface area contributed by atoms with Crippen LogP contribution in [-0.4, -0.2) is 17.7 Å². The molecule has 2 unspecified atom stereocenters. The molecule has 1 aromatic heterocycles. The van der Waals surface area contributed by atoms with Crippen molar-refractivity contribution in [1.82, 2.24) is 9.88 Å². The first-order chi connectivity index (χ1) is 13.3. The van der Waals surface area contributed by atoms with Gasteiger partial charge in [-0.05, 0) is 67.0 Å². The van der Waals surface area contributed by atoms with Crippen molar-refractivity contribution in [3.8, 4) is 0 Å². The zero-order valence-corrected chi connectivity index (χ0v) is 15.5. The van der Waals surface area contributed by atoms with Crippen molar-refractivity contribution in [2.24, 2.45) is 5.92 Å². The summed E-state index contributed by atoms with van der Waals surface area (Å²) in [4.78, 5) is 0. The first kappa shape index (κ1) is 16.8. The van der Waals surface area contributed by atoms with Gasteiger partial charge in [0.05, 0.1) is 5.52 Å².